The van der Waals surface area contributed by atoms with Gasteiger partial charge in [-0.3, -0.25) is 9.69 Å². The van der Waals surface area contributed by atoms with Gasteiger partial charge in [-0.1, -0.05) is 42.0 Å². The minimum Gasteiger partial charge on any atom is -0.363 e. The van der Waals surface area contributed by atoms with E-state index in [0.29, 0.717) is 11.1 Å². The van der Waals surface area contributed by atoms with Crippen LogP contribution >= 0.6 is 0 Å². The zero-order valence-corrected chi connectivity index (χ0v) is 13.4. The summed E-state index contributed by atoms with van der Waals surface area (Å²) in [5.74, 6) is -0.118. The van der Waals surface area contributed by atoms with Crippen LogP contribution in [0.1, 0.15) is 46.5 Å². The number of amides is 1. The van der Waals surface area contributed by atoms with Crippen LogP contribution in [0.25, 0.3) is 0 Å². The molecule has 0 aromatic heterocycles. The zero-order valence-electron chi connectivity index (χ0n) is 13.4. The average molecular weight is 295 g/mol. The number of hydrogen-bond donors (Lipinski definition) is 1. The molecule has 1 aliphatic rings. The largest absolute Gasteiger partial charge is 0.363 e. The highest BCUT2D eigenvalue weighted by Gasteiger charge is 2.51. The molecule has 2 aromatic carbocycles. The van der Waals surface area contributed by atoms with E-state index in [1.807, 2.05) is 64.1 Å². The molecular weight excluding hydrogens is 274 g/mol. The van der Waals surface area contributed by atoms with Crippen LogP contribution in [0.2, 0.25) is 0 Å². The number of carbonyl (C=O) groups is 1. The number of aryl methyl sites for hydroxylation is 2. The molecule has 3 nitrogen and oxygen atoms in total. The van der Waals surface area contributed by atoms with Crippen molar-refractivity contribution in [3.8, 4) is 0 Å². The normalized spacial score (nSPS) is 20.6. The van der Waals surface area contributed by atoms with Gasteiger partial charge in [0.15, 0.2) is 5.72 Å². The van der Waals surface area contributed by atoms with Crippen LogP contribution in [0.4, 0.5) is 0 Å². The summed E-state index contributed by atoms with van der Waals surface area (Å²) in [7, 11) is 0. The van der Waals surface area contributed by atoms with E-state index in [2.05, 4.69) is 0 Å². The number of aliphatic hydroxyl groups is 1. The maximum Gasteiger partial charge on any atom is 0.257 e. The third-order valence-corrected chi connectivity index (χ3v) is 4.37. The third kappa shape index (κ3) is 1.89. The Morgan fingerprint density at radius 2 is 1.73 bits per heavy atom. The zero-order chi connectivity index (χ0) is 16.1. The van der Waals surface area contributed by atoms with Gasteiger partial charge in [0.05, 0.1) is 0 Å². The van der Waals surface area contributed by atoms with Crippen LogP contribution in [0.15, 0.2) is 42.5 Å². The number of benzene rings is 2. The number of carbonyl (C=O) groups excluding carboxylic acids is 1. The predicted molar refractivity (Wildman–Crippen MR) is 86.7 cm³/mol. The Morgan fingerprint density at radius 3 is 2.36 bits per heavy atom. The van der Waals surface area contributed by atoms with Gasteiger partial charge in [0.1, 0.15) is 0 Å². The van der Waals surface area contributed by atoms with Gasteiger partial charge in [0.2, 0.25) is 0 Å². The summed E-state index contributed by atoms with van der Waals surface area (Å²) in [5, 5.41) is 11.6. The van der Waals surface area contributed by atoms with Gasteiger partial charge in [0.25, 0.3) is 5.91 Å². The molecule has 22 heavy (non-hydrogen) atoms. The fraction of sp³-hybridized carbons (Fsp3) is 0.316. The van der Waals surface area contributed by atoms with Gasteiger partial charge < -0.3 is 5.11 Å². The summed E-state index contributed by atoms with van der Waals surface area (Å²) < 4.78 is 0. The van der Waals surface area contributed by atoms with E-state index in [9.17, 15) is 9.90 Å². The Hall–Kier alpha value is -2.13. The molecule has 3 rings (SSSR count). The SMILES string of the molecule is Cc1ccc([C@@]2(O)c3ccccc3C(=O)N2C(C)C)c(C)c1. The second kappa shape index (κ2) is 4.96. The molecular formula is C19H21NO2. The Morgan fingerprint density at radius 1 is 1.05 bits per heavy atom. The summed E-state index contributed by atoms with van der Waals surface area (Å²) in [6.07, 6.45) is 0. The maximum atomic E-state index is 12.8. The molecule has 1 amide bonds. The van der Waals surface area contributed by atoms with Crippen molar-refractivity contribution in [3.05, 3.63) is 70.3 Å². The minimum atomic E-state index is -1.40. The fourth-order valence-electron chi connectivity index (χ4n) is 3.47. The average Bonchev–Trinajstić information content (AvgIpc) is 2.68. The lowest BCUT2D eigenvalue weighted by molar-refractivity contribution is -0.0641. The molecule has 0 fully saturated rings. The van der Waals surface area contributed by atoms with Crippen LogP contribution in [-0.4, -0.2) is 22.0 Å². The number of hydrogen-bond acceptors (Lipinski definition) is 2. The Bertz CT molecular complexity index is 751. The van der Waals surface area contributed by atoms with Crippen molar-refractivity contribution >= 4 is 5.91 Å². The molecule has 2 aromatic rings. The van der Waals surface area contributed by atoms with E-state index in [1.54, 1.807) is 11.0 Å². The van der Waals surface area contributed by atoms with Gasteiger partial charge in [-0.15, -0.1) is 0 Å². The monoisotopic (exact) mass is 295 g/mol. The van der Waals surface area contributed by atoms with E-state index < -0.39 is 5.72 Å². The second-order valence-electron chi connectivity index (χ2n) is 6.31. The molecule has 1 aliphatic heterocycles. The third-order valence-electron chi connectivity index (χ3n) is 4.37. The van der Waals surface area contributed by atoms with Gasteiger partial charge in [-0.05, 0) is 39.3 Å². The molecule has 0 unspecified atom stereocenters. The Kier molecular flexibility index (Phi) is 3.33. The smallest absolute Gasteiger partial charge is 0.257 e. The van der Waals surface area contributed by atoms with Crippen molar-refractivity contribution in [2.75, 3.05) is 0 Å². The molecule has 1 heterocycles. The topological polar surface area (TPSA) is 40.5 Å². The number of rotatable bonds is 2. The Balaban J connectivity index is 2.31. The molecule has 114 valence electrons. The van der Waals surface area contributed by atoms with Crippen molar-refractivity contribution in [2.45, 2.75) is 39.5 Å². The first kappa shape index (κ1) is 14.8. The number of fused-ring (bicyclic) bond motifs is 1. The molecule has 0 saturated carbocycles. The van der Waals surface area contributed by atoms with E-state index in [4.69, 9.17) is 0 Å². The summed E-state index contributed by atoms with van der Waals surface area (Å²) >= 11 is 0. The first-order valence-corrected chi connectivity index (χ1v) is 7.60. The maximum absolute atomic E-state index is 12.8. The van der Waals surface area contributed by atoms with Crippen molar-refractivity contribution in [2.24, 2.45) is 0 Å². The van der Waals surface area contributed by atoms with Crippen molar-refractivity contribution < 1.29 is 9.90 Å². The van der Waals surface area contributed by atoms with Crippen molar-refractivity contribution in [1.29, 1.82) is 0 Å². The molecule has 0 saturated heterocycles. The molecule has 1 atom stereocenters. The van der Waals surface area contributed by atoms with E-state index in [1.165, 1.54) is 0 Å². The van der Waals surface area contributed by atoms with Crippen LogP contribution in [0.3, 0.4) is 0 Å². The standard InChI is InChI=1S/C19H21NO2/c1-12(2)20-18(21)15-7-5-6-8-17(15)19(20,22)16-10-9-13(3)11-14(16)4/h5-12,22H,1-4H3/t19-/m1/s1. The minimum absolute atomic E-state index is 0.106. The van der Waals surface area contributed by atoms with Gasteiger partial charge in [-0.25, -0.2) is 0 Å². The van der Waals surface area contributed by atoms with Crippen LogP contribution in [0, 0.1) is 13.8 Å². The molecule has 1 N–H and O–H groups in total. The van der Waals surface area contributed by atoms with Crippen molar-refractivity contribution in [1.82, 2.24) is 4.90 Å². The van der Waals surface area contributed by atoms with E-state index in [0.717, 1.165) is 16.7 Å². The molecule has 0 bridgehead atoms. The number of nitrogens with zero attached hydrogens (tertiary/aromatic N) is 1. The first-order chi connectivity index (χ1) is 10.4. The lowest BCUT2D eigenvalue weighted by Gasteiger charge is -2.38. The van der Waals surface area contributed by atoms with Gasteiger partial charge >= 0.3 is 0 Å². The van der Waals surface area contributed by atoms with Crippen LogP contribution in [-0.2, 0) is 5.72 Å². The lowest BCUT2D eigenvalue weighted by atomic mass is 9.89. The van der Waals surface area contributed by atoms with Gasteiger partial charge in [-0.2, -0.15) is 0 Å². The summed E-state index contributed by atoms with van der Waals surface area (Å²) in [4.78, 5) is 14.4. The molecule has 0 spiro atoms. The van der Waals surface area contributed by atoms with E-state index in [-0.39, 0.29) is 11.9 Å². The quantitative estimate of drug-likeness (QED) is 0.923. The highest BCUT2D eigenvalue weighted by Crippen LogP contribution is 2.44. The van der Waals surface area contributed by atoms with Crippen molar-refractivity contribution in [3.63, 3.8) is 0 Å². The lowest BCUT2D eigenvalue weighted by Crippen LogP contribution is -2.48. The summed E-state index contributed by atoms with van der Waals surface area (Å²) in [6.45, 7) is 7.86. The van der Waals surface area contributed by atoms with Crippen LogP contribution in [0.5, 0.6) is 0 Å². The highest BCUT2D eigenvalue weighted by atomic mass is 16.3. The van der Waals surface area contributed by atoms with Gasteiger partial charge in [0, 0.05) is 22.7 Å². The first-order valence-electron chi connectivity index (χ1n) is 7.60. The summed E-state index contributed by atoms with van der Waals surface area (Å²) in [5.41, 5.74) is 2.74. The fourth-order valence-corrected chi connectivity index (χ4v) is 3.47. The predicted octanol–water partition coefficient (Wildman–Crippen LogP) is 3.36. The van der Waals surface area contributed by atoms with Crippen LogP contribution < -0.4 is 0 Å². The molecule has 3 heteroatoms. The Labute approximate surface area is 131 Å². The molecule has 0 radical (unpaired) electrons. The molecule has 0 aliphatic carbocycles. The summed E-state index contributed by atoms with van der Waals surface area (Å²) in [6, 6.07) is 13.2. The van der Waals surface area contributed by atoms with E-state index >= 15 is 0 Å². The second-order valence-corrected chi connectivity index (χ2v) is 6.31. The highest BCUT2D eigenvalue weighted by molar-refractivity contribution is 6.00.